The summed E-state index contributed by atoms with van der Waals surface area (Å²) >= 11 is 0. The van der Waals surface area contributed by atoms with E-state index in [0.29, 0.717) is 6.04 Å². The van der Waals surface area contributed by atoms with Crippen LogP contribution in [0.1, 0.15) is 46.0 Å². The standard InChI is InChI=1S/C10H22N2/c1-8(2)4-3-5-10(12-11)9-6-7-9/h8-10,12H,3-7,11H2,1-2H3. The first-order valence-corrected chi connectivity index (χ1v) is 5.20. The van der Waals surface area contributed by atoms with Gasteiger partial charge in [-0.15, -0.1) is 0 Å². The van der Waals surface area contributed by atoms with Crippen LogP contribution in [0.5, 0.6) is 0 Å². The summed E-state index contributed by atoms with van der Waals surface area (Å²) in [4.78, 5) is 0. The molecule has 0 aromatic heterocycles. The normalized spacial score (nSPS) is 20.0. The Morgan fingerprint density at radius 2 is 2.00 bits per heavy atom. The maximum absolute atomic E-state index is 5.48. The fraction of sp³-hybridized carbons (Fsp3) is 1.00. The van der Waals surface area contributed by atoms with Gasteiger partial charge >= 0.3 is 0 Å². The molecule has 0 heterocycles. The highest BCUT2D eigenvalue weighted by atomic mass is 15.2. The van der Waals surface area contributed by atoms with Gasteiger partial charge in [0.2, 0.25) is 0 Å². The van der Waals surface area contributed by atoms with Gasteiger partial charge in [0.15, 0.2) is 0 Å². The first kappa shape index (κ1) is 10.0. The molecule has 0 bridgehead atoms. The maximum atomic E-state index is 5.48. The van der Waals surface area contributed by atoms with E-state index >= 15 is 0 Å². The number of nitrogens with one attached hydrogen (secondary N) is 1. The minimum atomic E-state index is 0.601. The monoisotopic (exact) mass is 170 g/mol. The fourth-order valence-electron chi connectivity index (χ4n) is 1.70. The van der Waals surface area contributed by atoms with Gasteiger partial charge in [0, 0.05) is 6.04 Å². The van der Waals surface area contributed by atoms with Gasteiger partial charge < -0.3 is 0 Å². The van der Waals surface area contributed by atoms with Crippen LogP contribution in [0.3, 0.4) is 0 Å². The van der Waals surface area contributed by atoms with Gasteiger partial charge in [-0.2, -0.15) is 0 Å². The van der Waals surface area contributed by atoms with Crippen LogP contribution in [0.25, 0.3) is 0 Å². The summed E-state index contributed by atoms with van der Waals surface area (Å²) in [7, 11) is 0. The van der Waals surface area contributed by atoms with E-state index in [1.807, 2.05) is 0 Å². The second-order valence-electron chi connectivity index (χ2n) is 4.44. The van der Waals surface area contributed by atoms with Crippen molar-refractivity contribution in [1.29, 1.82) is 0 Å². The molecule has 72 valence electrons. The van der Waals surface area contributed by atoms with Crippen molar-refractivity contribution < 1.29 is 0 Å². The molecule has 2 nitrogen and oxygen atoms in total. The highest BCUT2D eigenvalue weighted by molar-refractivity contribution is 4.84. The number of nitrogens with two attached hydrogens (primary N) is 1. The summed E-state index contributed by atoms with van der Waals surface area (Å²) in [6.45, 7) is 4.56. The van der Waals surface area contributed by atoms with Crippen molar-refractivity contribution in [2.75, 3.05) is 0 Å². The molecule has 1 fully saturated rings. The van der Waals surface area contributed by atoms with E-state index in [1.54, 1.807) is 0 Å². The van der Waals surface area contributed by atoms with E-state index in [-0.39, 0.29) is 0 Å². The van der Waals surface area contributed by atoms with Crippen LogP contribution in [-0.4, -0.2) is 6.04 Å². The summed E-state index contributed by atoms with van der Waals surface area (Å²) in [5, 5.41) is 0. The Balaban J connectivity index is 2.02. The third-order valence-corrected chi connectivity index (χ3v) is 2.70. The molecule has 1 rings (SSSR count). The smallest absolute Gasteiger partial charge is 0.0238 e. The zero-order chi connectivity index (χ0) is 8.97. The second kappa shape index (κ2) is 4.83. The number of hydrazine groups is 1. The van der Waals surface area contributed by atoms with Crippen LogP contribution in [0.4, 0.5) is 0 Å². The molecule has 1 aliphatic carbocycles. The average molecular weight is 170 g/mol. The van der Waals surface area contributed by atoms with Crippen molar-refractivity contribution >= 4 is 0 Å². The van der Waals surface area contributed by atoms with Gasteiger partial charge in [-0.25, -0.2) is 0 Å². The Morgan fingerprint density at radius 3 is 2.42 bits per heavy atom. The van der Waals surface area contributed by atoms with Gasteiger partial charge in [0.25, 0.3) is 0 Å². The SMILES string of the molecule is CC(C)CCCC(NN)C1CC1. The van der Waals surface area contributed by atoms with Crippen LogP contribution in [0, 0.1) is 11.8 Å². The van der Waals surface area contributed by atoms with Gasteiger partial charge in [0.1, 0.15) is 0 Å². The van der Waals surface area contributed by atoms with Crippen molar-refractivity contribution in [1.82, 2.24) is 5.43 Å². The molecule has 0 aliphatic heterocycles. The molecule has 12 heavy (non-hydrogen) atoms. The van der Waals surface area contributed by atoms with E-state index in [2.05, 4.69) is 19.3 Å². The topological polar surface area (TPSA) is 38.0 Å². The number of hydrogen-bond acceptors (Lipinski definition) is 2. The van der Waals surface area contributed by atoms with Crippen LogP contribution in [-0.2, 0) is 0 Å². The summed E-state index contributed by atoms with van der Waals surface area (Å²) in [6, 6.07) is 0.601. The van der Waals surface area contributed by atoms with Crippen molar-refractivity contribution in [3.05, 3.63) is 0 Å². The lowest BCUT2D eigenvalue weighted by Gasteiger charge is -2.15. The molecule has 0 saturated heterocycles. The van der Waals surface area contributed by atoms with Crippen molar-refractivity contribution in [3.63, 3.8) is 0 Å². The molecule has 1 aliphatic rings. The Kier molecular flexibility index (Phi) is 4.02. The van der Waals surface area contributed by atoms with Crippen LogP contribution < -0.4 is 11.3 Å². The highest BCUT2D eigenvalue weighted by Crippen LogP contribution is 2.34. The quantitative estimate of drug-likeness (QED) is 0.473. The number of hydrogen-bond donors (Lipinski definition) is 2. The van der Waals surface area contributed by atoms with E-state index in [1.165, 1.54) is 32.1 Å². The molecule has 0 spiro atoms. The van der Waals surface area contributed by atoms with Gasteiger partial charge in [-0.05, 0) is 31.1 Å². The molecular formula is C10H22N2. The molecule has 1 saturated carbocycles. The third-order valence-electron chi connectivity index (χ3n) is 2.70. The van der Waals surface area contributed by atoms with E-state index in [0.717, 1.165) is 11.8 Å². The third kappa shape index (κ3) is 3.55. The van der Waals surface area contributed by atoms with Crippen LogP contribution in [0.2, 0.25) is 0 Å². The van der Waals surface area contributed by atoms with Crippen LogP contribution >= 0.6 is 0 Å². The lowest BCUT2D eigenvalue weighted by atomic mass is 10.0. The molecule has 0 aromatic rings. The largest absolute Gasteiger partial charge is 0.271 e. The van der Waals surface area contributed by atoms with Crippen LogP contribution in [0.15, 0.2) is 0 Å². The maximum Gasteiger partial charge on any atom is 0.0238 e. The molecule has 1 unspecified atom stereocenters. The molecular weight excluding hydrogens is 148 g/mol. The molecule has 0 aromatic carbocycles. The summed E-state index contributed by atoms with van der Waals surface area (Å²) in [5.74, 6) is 7.21. The Labute approximate surface area is 75.9 Å². The van der Waals surface area contributed by atoms with Gasteiger partial charge in [-0.1, -0.05) is 26.7 Å². The summed E-state index contributed by atoms with van der Waals surface area (Å²) in [5.41, 5.74) is 2.94. The second-order valence-corrected chi connectivity index (χ2v) is 4.44. The Morgan fingerprint density at radius 1 is 1.33 bits per heavy atom. The molecule has 0 amide bonds. The van der Waals surface area contributed by atoms with Gasteiger partial charge in [-0.3, -0.25) is 11.3 Å². The first-order valence-electron chi connectivity index (χ1n) is 5.20. The Bertz CT molecular complexity index is 119. The molecule has 1 atom stereocenters. The van der Waals surface area contributed by atoms with Crippen molar-refractivity contribution in [2.24, 2.45) is 17.7 Å². The predicted octanol–water partition coefficient (Wildman–Crippen LogP) is 2.05. The van der Waals surface area contributed by atoms with E-state index in [4.69, 9.17) is 5.84 Å². The average Bonchev–Trinajstić information content (AvgIpc) is 2.80. The van der Waals surface area contributed by atoms with Crippen molar-refractivity contribution in [3.8, 4) is 0 Å². The fourth-order valence-corrected chi connectivity index (χ4v) is 1.70. The van der Waals surface area contributed by atoms with Gasteiger partial charge in [0.05, 0.1) is 0 Å². The zero-order valence-electron chi connectivity index (χ0n) is 8.34. The zero-order valence-corrected chi connectivity index (χ0v) is 8.34. The highest BCUT2D eigenvalue weighted by Gasteiger charge is 2.29. The minimum absolute atomic E-state index is 0.601. The molecule has 2 heteroatoms. The first-order chi connectivity index (χ1) is 5.74. The summed E-state index contributed by atoms with van der Waals surface area (Å²) in [6.07, 6.45) is 6.69. The lowest BCUT2D eigenvalue weighted by Crippen LogP contribution is -2.36. The van der Waals surface area contributed by atoms with Crippen molar-refractivity contribution in [2.45, 2.75) is 52.0 Å². The summed E-state index contributed by atoms with van der Waals surface area (Å²) < 4.78 is 0. The molecule has 0 radical (unpaired) electrons. The molecule has 3 N–H and O–H groups in total. The predicted molar refractivity (Wildman–Crippen MR) is 52.5 cm³/mol. The Hall–Kier alpha value is -0.0800. The van der Waals surface area contributed by atoms with E-state index < -0.39 is 0 Å². The lowest BCUT2D eigenvalue weighted by molar-refractivity contribution is 0.410. The van der Waals surface area contributed by atoms with E-state index in [9.17, 15) is 0 Å². The number of rotatable bonds is 6. The minimum Gasteiger partial charge on any atom is -0.271 e.